The molecule has 4 nitrogen and oxygen atoms in total. The molecule has 0 fully saturated rings. The number of nitrogens with two attached hydrogens (primary N) is 1. The summed E-state index contributed by atoms with van der Waals surface area (Å²) in [4.78, 5) is 16.2. The van der Waals surface area contributed by atoms with Crippen LogP contribution in [0.1, 0.15) is 25.0 Å². The molecule has 0 radical (unpaired) electrons. The number of carbonyl (C=O) groups is 1. The van der Waals surface area contributed by atoms with E-state index < -0.39 is 0 Å². The van der Waals surface area contributed by atoms with Gasteiger partial charge in [-0.15, -0.1) is 0 Å². The molecule has 0 saturated heterocycles. The van der Waals surface area contributed by atoms with Crippen molar-refractivity contribution >= 4 is 17.3 Å². The van der Waals surface area contributed by atoms with E-state index in [1.165, 1.54) is 22.0 Å². The van der Waals surface area contributed by atoms with E-state index in [1.54, 1.807) is 6.20 Å². The van der Waals surface area contributed by atoms with Crippen molar-refractivity contribution in [3.05, 3.63) is 53.9 Å². The van der Waals surface area contributed by atoms with Crippen LogP contribution in [0.2, 0.25) is 0 Å². The Balaban J connectivity index is 0.000000435. The van der Waals surface area contributed by atoms with Gasteiger partial charge in [-0.1, -0.05) is 26.0 Å². The van der Waals surface area contributed by atoms with Crippen LogP contribution in [0.25, 0.3) is 22.2 Å². The highest BCUT2D eigenvalue weighted by Crippen LogP contribution is 2.27. The fourth-order valence-corrected chi connectivity index (χ4v) is 2.18. The van der Waals surface area contributed by atoms with E-state index in [0.717, 1.165) is 11.3 Å². The number of nitrogens with zero attached hydrogens (tertiary/aromatic N) is 1. The molecule has 0 spiro atoms. The summed E-state index contributed by atoms with van der Waals surface area (Å²) < 4.78 is 0. The second-order valence-electron chi connectivity index (χ2n) is 4.55. The number of aromatic nitrogens is 2. The lowest BCUT2D eigenvalue weighted by Gasteiger charge is -1.98. The lowest BCUT2D eigenvalue weighted by Crippen LogP contribution is -1.82. The van der Waals surface area contributed by atoms with Crippen LogP contribution in [-0.4, -0.2) is 16.4 Å². The van der Waals surface area contributed by atoms with Gasteiger partial charge in [0.05, 0.1) is 0 Å². The maximum atomic E-state index is 8.58. The summed E-state index contributed by atoms with van der Waals surface area (Å²) in [5, 5.41) is 1.30. The molecule has 0 unspecified atom stereocenters. The van der Waals surface area contributed by atoms with Gasteiger partial charge in [0, 0.05) is 34.6 Å². The summed E-state index contributed by atoms with van der Waals surface area (Å²) >= 11 is 0. The predicted octanol–water partition coefficient (Wildman–Crippen LogP) is 3.97. The topological polar surface area (TPSA) is 71.8 Å². The van der Waals surface area contributed by atoms with Gasteiger partial charge in [0.2, 0.25) is 6.41 Å². The Morgan fingerprint density at radius 1 is 1.14 bits per heavy atom. The molecule has 1 amide bonds. The van der Waals surface area contributed by atoms with Crippen LogP contribution in [0.4, 0.5) is 0 Å². The van der Waals surface area contributed by atoms with E-state index in [9.17, 15) is 0 Å². The smallest absolute Gasteiger partial charge is 0.204 e. The van der Waals surface area contributed by atoms with Gasteiger partial charge in [-0.2, -0.15) is 0 Å². The summed E-state index contributed by atoms with van der Waals surface area (Å²) in [6.07, 6.45) is 3.93. The van der Waals surface area contributed by atoms with Gasteiger partial charge >= 0.3 is 0 Å². The van der Waals surface area contributed by atoms with Crippen molar-refractivity contribution in [2.75, 3.05) is 0 Å². The number of hydrogen-bond donors (Lipinski definition) is 2. The standard InChI is InChI=1S/C15H14N2.C2H6.CH3NO/c1-10-5-6-11(2)15-13(10)8-14(17-15)12-4-3-7-16-9-12;1-2;2-1-3/h3-9,17H,1-2H3;1-2H3;1H,(H2,2,3). The second kappa shape index (κ2) is 8.62. The quantitative estimate of drug-likeness (QED) is 0.667. The number of H-pyrrole nitrogens is 1. The number of benzene rings is 1. The van der Waals surface area contributed by atoms with E-state index in [-0.39, 0.29) is 6.41 Å². The Morgan fingerprint density at radius 2 is 1.77 bits per heavy atom. The van der Waals surface area contributed by atoms with Gasteiger partial charge in [-0.3, -0.25) is 9.78 Å². The van der Waals surface area contributed by atoms with Gasteiger partial charge in [0.1, 0.15) is 0 Å². The normalized spacial score (nSPS) is 9.27. The first kappa shape index (κ1) is 17.4. The Labute approximate surface area is 131 Å². The highest BCUT2D eigenvalue weighted by molar-refractivity contribution is 5.90. The average molecular weight is 297 g/mol. The lowest BCUT2D eigenvalue weighted by atomic mass is 10.1. The highest BCUT2D eigenvalue weighted by atomic mass is 16.1. The molecule has 22 heavy (non-hydrogen) atoms. The molecule has 0 saturated carbocycles. The van der Waals surface area contributed by atoms with Crippen molar-refractivity contribution in [1.29, 1.82) is 0 Å². The minimum atomic E-state index is 0.250. The van der Waals surface area contributed by atoms with Crippen molar-refractivity contribution in [1.82, 2.24) is 9.97 Å². The zero-order valence-electron chi connectivity index (χ0n) is 13.6. The summed E-state index contributed by atoms with van der Waals surface area (Å²) in [6, 6.07) is 10.6. The Bertz CT molecular complexity index is 679. The van der Waals surface area contributed by atoms with E-state index in [0.29, 0.717) is 0 Å². The van der Waals surface area contributed by atoms with Crippen LogP contribution in [0.5, 0.6) is 0 Å². The first-order valence-electron chi connectivity index (χ1n) is 7.32. The molecule has 0 atom stereocenters. The number of carbonyl (C=O) groups excluding carboxylic acids is 1. The fraction of sp³-hybridized carbons (Fsp3) is 0.222. The van der Waals surface area contributed by atoms with Crippen LogP contribution >= 0.6 is 0 Å². The molecule has 116 valence electrons. The highest BCUT2D eigenvalue weighted by Gasteiger charge is 2.06. The lowest BCUT2D eigenvalue weighted by molar-refractivity contribution is -0.106. The predicted molar refractivity (Wildman–Crippen MR) is 92.6 cm³/mol. The van der Waals surface area contributed by atoms with E-state index in [2.05, 4.69) is 53.8 Å². The third-order valence-corrected chi connectivity index (χ3v) is 3.19. The third-order valence-electron chi connectivity index (χ3n) is 3.19. The number of primary amides is 1. The van der Waals surface area contributed by atoms with E-state index in [4.69, 9.17) is 4.79 Å². The van der Waals surface area contributed by atoms with Crippen molar-refractivity contribution < 1.29 is 4.79 Å². The molecule has 0 aliphatic rings. The van der Waals surface area contributed by atoms with Gasteiger partial charge in [-0.05, 0) is 43.2 Å². The van der Waals surface area contributed by atoms with Gasteiger partial charge in [0.25, 0.3) is 0 Å². The minimum absolute atomic E-state index is 0.250. The van der Waals surface area contributed by atoms with Crippen LogP contribution < -0.4 is 5.73 Å². The Morgan fingerprint density at radius 3 is 2.32 bits per heavy atom. The molecule has 0 bridgehead atoms. The molecule has 2 aromatic heterocycles. The third kappa shape index (κ3) is 3.95. The zero-order chi connectivity index (χ0) is 16.5. The minimum Gasteiger partial charge on any atom is -0.372 e. The maximum absolute atomic E-state index is 8.58. The van der Waals surface area contributed by atoms with Gasteiger partial charge < -0.3 is 10.7 Å². The van der Waals surface area contributed by atoms with Gasteiger partial charge in [0.15, 0.2) is 0 Å². The fourth-order valence-electron chi connectivity index (χ4n) is 2.18. The average Bonchev–Trinajstić information content (AvgIpc) is 3.01. The van der Waals surface area contributed by atoms with E-state index >= 15 is 0 Å². The molecule has 3 N–H and O–H groups in total. The molecule has 0 aliphatic carbocycles. The van der Waals surface area contributed by atoms with Crippen LogP contribution in [-0.2, 0) is 4.79 Å². The van der Waals surface area contributed by atoms with E-state index in [1.807, 2.05) is 26.1 Å². The number of rotatable bonds is 1. The molecule has 3 rings (SSSR count). The number of nitrogens with one attached hydrogen (secondary N) is 1. The van der Waals surface area contributed by atoms with Crippen molar-refractivity contribution in [2.45, 2.75) is 27.7 Å². The summed E-state index contributed by atoms with van der Waals surface area (Å²) in [5.74, 6) is 0. The molecule has 3 aromatic rings. The summed E-state index contributed by atoms with van der Waals surface area (Å²) in [7, 11) is 0. The molecule has 1 aromatic carbocycles. The number of pyridine rings is 1. The number of amides is 1. The van der Waals surface area contributed by atoms with Crippen molar-refractivity contribution in [3.63, 3.8) is 0 Å². The first-order valence-corrected chi connectivity index (χ1v) is 7.32. The first-order chi connectivity index (χ1) is 10.7. The second-order valence-corrected chi connectivity index (χ2v) is 4.55. The maximum Gasteiger partial charge on any atom is 0.204 e. The zero-order valence-corrected chi connectivity index (χ0v) is 13.6. The number of aryl methyl sites for hydroxylation is 2. The number of fused-ring (bicyclic) bond motifs is 1. The Kier molecular flexibility index (Phi) is 6.83. The van der Waals surface area contributed by atoms with Crippen LogP contribution in [0, 0.1) is 13.8 Å². The molecule has 0 aliphatic heterocycles. The number of hydrogen-bond acceptors (Lipinski definition) is 2. The number of aromatic amines is 1. The van der Waals surface area contributed by atoms with Crippen LogP contribution in [0.15, 0.2) is 42.7 Å². The molecule has 4 heteroatoms. The molecular formula is C18H23N3O. The Hall–Kier alpha value is -2.62. The van der Waals surface area contributed by atoms with Crippen molar-refractivity contribution in [2.24, 2.45) is 5.73 Å². The summed E-state index contributed by atoms with van der Waals surface area (Å²) in [6.45, 7) is 8.27. The van der Waals surface area contributed by atoms with Crippen LogP contribution in [0.3, 0.4) is 0 Å². The van der Waals surface area contributed by atoms with Crippen molar-refractivity contribution in [3.8, 4) is 11.3 Å². The largest absolute Gasteiger partial charge is 0.372 e. The summed E-state index contributed by atoms with van der Waals surface area (Å²) in [5.41, 5.74) is 10.2. The SMILES string of the molecule is CC.Cc1ccc(C)c2[nH]c(-c3cccnc3)cc12.NC=O. The molecular weight excluding hydrogens is 274 g/mol. The monoisotopic (exact) mass is 297 g/mol. The van der Waals surface area contributed by atoms with Gasteiger partial charge in [-0.25, -0.2) is 0 Å². The molecule has 2 heterocycles.